The lowest BCUT2D eigenvalue weighted by Gasteiger charge is -2.40. The molecule has 1 N–H and O–H groups in total. The lowest BCUT2D eigenvalue weighted by molar-refractivity contribution is -0.0536. The molecule has 2 aromatic heterocycles. The van der Waals surface area contributed by atoms with Gasteiger partial charge >= 0.3 is 0 Å². The minimum Gasteiger partial charge on any atom is -0.390 e. The Morgan fingerprint density at radius 1 is 1.56 bits per heavy atom. The van der Waals surface area contributed by atoms with Crippen LogP contribution in [0.15, 0.2) is 16.7 Å². The average molecular weight is 283 g/mol. The topological polar surface area (TPSA) is 63.8 Å². The summed E-state index contributed by atoms with van der Waals surface area (Å²) in [4.78, 5) is 4.30. The molecule has 0 radical (unpaired) electrons. The van der Waals surface area contributed by atoms with E-state index in [1.54, 1.807) is 10.9 Å². The zero-order chi connectivity index (χ0) is 11.3. The molecule has 16 heavy (non-hydrogen) atoms. The first-order valence-electron chi connectivity index (χ1n) is 5.14. The van der Waals surface area contributed by atoms with E-state index in [-0.39, 0.29) is 6.04 Å². The van der Waals surface area contributed by atoms with Gasteiger partial charge in [0.05, 0.1) is 11.6 Å². The molecule has 2 heterocycles. The molecule has 2 aromatic rings. The maximum atomic E-state index is 9.71. The van der Waals surface area contributed by atoms with Crippen molar-refractivity contribution in [1.29, 1.82) is 0 Å². The van der Waals surface area contributed by atoms with Gasteiger partial charge < -0.3 is 5.11 Å². The van der Waals surface area contributed by atoms with Gasteiger partial charge in [-0.2, -0.15) is 0 Å². The van der Waals surface area contributed by atoms with Crippen molar-refractivity contribution in [1.82, 2.24) is 20.0 Å². The molecule has 0 aromatic carbocycles. The number of rotatable bonds is 1. The summed E-state index contributed by atoms with van der Waals surface area (Å²) >= 11 is 3.35. The highest BCUT2D eigenvalue weighted by atomic mass is 79.9. The Labute approximate surface area is 101 Å². The van der Waals surface area contributed by atoms with Gasteiger partial charge in [0, 0.05) is 10.7 Å². The Balaban J connectivity index is 2.00. The standard InChI is InChI=1S/C10H11BrN4O/c1-10(16)3-7(4-10)15-9-8(13-14-15)2-6(11)5-12-9/h2,5,7,16H,3-4H2,1H3/t7-,10+. The SMILES string of the molecule is C[C@]1(O)C[C@@H](n2nnc3cc(Br)cnc32)C1. The smallest absolute Gasteiger partial charge is 0.178 e. The van der Waals surface area contributed by atoms with Crippen LogP contribution in [0.4, 0.5) is 0 Å². The summed E-state index contributed by atoms with van der Waals surface area (Å²) in [6.07, 6.45) is 3.16. The summed E-state index contributed by atoms with van der Waals surface area (Å²) < 4.78 is 2.70. The van der Waals surface area contributed by atoms with Crippen molar-refractivity contribution in [3.63, 3.8) is 0 Å². The van der Waals surface area contributed by atoms with Crippen molar-refractivity contribution in [3.8, 4) is 0 Å². The molecular formula is C10H11BrN4O. The quantitative estimate of drug-likeness (QED) is 0.864. The average Bonchev–Trinajstić information content (AvgIpc) is 2.56. The van der Waals surface area contributed by atoms with E-state index in [2.05, 4.69) is 31.2 Å². The maximum absolute atomic E-state index is 9.71. The van der Waals surface area contributed by atoms with E-state index in [0.29, 0.717) is 12.8 Å². The zero-order valence-corrected chi connectivity index (χ0v) is 10.3. The maximum Gasteiger partial charge on any atom is 0.178 e. The van der Waals surface area contributed by atoms with Gasteiger partial charge in [-0.25, -0.2) is 9.67 Å². The van der Waals surface area contributed by atoms with Crippen LogP contribution >= 0.6 is 15.9 Å². The highest BCUT2D eigenvalue weighted by Crippen LogP contribution is 2.41. The summed E-state index contributed by atoms with van der Waals surface area (Å²) in [6, 6.07) is 2.11. The van der Waals surface area contributed by atoms with E-state index in [1.165, 1.54) is 0 Å². The summed E-state index contributed by atoms with van der Waals surface area (Å²) in [6.45, 7) is 1.84. The van der Waals surface area contributed by atoms with Gasteiger partial charge in [0.2, 0.25) is 0 Å². The molecule has 1 fully saturated rings. The second-order valence-corrected chi connectivity index (χ2v) is 5.50. The van der Waals surface area contributed by atoms with Crippen molar-refractivity contribution in [2.45, 2.75) is 31.4 Å². The normalized spacial score (nSPS) is 29.3. The molecule has 0 amide bonds. The first kappa shape index (κ1) is 10.2. The van der Waals surface area contributed by atoms with Crippen LogP contribution in [0, 0.1) is 0 Å². The monoisotopic (exact) mass is 282 g/mol. The summed E-state index contributed by atoms with van der Waals surface area (Å²) in [5.74, 6) is 0. The second-order valence-electron chi connectivity index (χ2n) is 4.59. The van der Waals surface area contributed by atoms with Crippen LogP contribution in [0.5, 0.6) is 0 Å². The third kappa shape index (κ3) is 1.53. The molecule has 6 heteroatoms. The number of fused-ring (bicyclic) bond motifs is 1. The van der Waals surface area contributed by atoms with E-state index in [4.69, 9.17) is 0 Å². The molecule has 0 saturated heterocycles. The minimum atomic E-state index is -0.557. The molecular weight excluding hydrogens is 272 g/mol. The number of halogens is 1. The molecule has 0 atom stereocenters. The number of pyridine rings is 1. The number of hydrogen-bond donors (Lipinski definition) is 1. The molecule has 0 unspecified atom stereocenters. The summed E-state index contributed by atoms with van der Waals surface area (Å²) in [5.41, 5.74) is 1.00. The van der Waals surface area contributed by atoms with Crippen LogP contribution in [0.2, 0.25) is 0 Å². The molecule has 1 saturated carbocycles. The fourth-order valence-electron chi connectivity index (χ4n) is 2.18. The Morgan fingerprint density at radius 3 is 3.00 bits per heavy atom. The van der Waals surface area contributed by atoms with Crippen LogP contribution in [0.1, 0.15) is 25.8 Å². The lowest BCUT2D eigenvalue weighted by atomic mass is 9.77. The number of hydrogen-bond acceptors (Lipinski definition) is 4. The van der Waals surface area contributed by atoms with Crippen LogP contribution in [-0.4, -0.2) is 30.7 Å². The van der Waals surface area contributed by atoms with Gasteiger partial charge in [-0.3, -0.25) is 0 Å². The molecule has 84 valence electrons. The fraction of sp³-hybridized carbons (Fsp3) is 0.500. The zero-order valence-electron chi connectivity index (χ0n) is 8.76. The number of aliphatic hydroxyl groups is 1. The van der Waals surface area contributed by atoms with Crippen molar-refractivity contribution in [2.75, 3.05) is 0 Å². The van der Waals surface area contributed by atoms with Crippen LogP contribution in [0.3, 0.4) is 0 Å². The molecule has 1 aliphatic rings. The Morgan fingerprint density at radius 2 is 2.31 bits per heavy atom. The van der Waals surface area contributed by atoms with Crippen LogP contribution in [-0.2, 0) is 0 Å². The van der Waals surface area contributed by atoms with Gasteiger partial charge in [0.15, 0.2) is 5.65 Å². The number of aromatic nitrogens is 4. The molecule has 0 spiro atoms. The van der Waals surface area contributed by atoms with Crippen molar-refractivity contribution < 1.29 is 5.11 Å². The van der Waals surface area contributed by atoms with Crippen LogP contribution < -0.4 is 0 Å². The van der Waals surface area contributed by atoms with E-state index >= 15 is 0 Å². The van der Waals surface area contributed by atoms with E-state index in [9.17, 15) is 5.11 Å². The second kappa shape index (κ2) is 3.24. The Bertz CT molecular complexity index is 543. The molecule has 0 aliphatic heterocycles. The van der Waals surface area contributed by atoms with Gasteiger partial charge in [-0.05, 0) is 41.8 Å². The fourth-order valence-corrected chi connectivity index (χ4v) is 2.50. The summed E-state index contributed by atoms with van der Waals surface area (Å²) in [5, 5.41) is 17.9. The third-order valence-electron chi connectivity index (χ3n) is 2.98. The van der Waals surface area contributed by atoms with E-state index in [0.717, 1.165) is 15.6 Å². The predicted octanol–water partition coefficient (Wildman–Crippen LogP) is 1.67. The molecule has 3 rings (SSSR count). The molecule has 0 bridgehead atoms. The van der Waals surface area contributed by atoms with Crippen molar-refractivity contribution >= 4 is 27.1 Å². The lowest BCUT2D eigenvalue weighted by Crippen LogP contribution is -2.42. The highest BCUT2D eigenvalue weighted by molar-refractivity contribution is 9.10. The largest absolute Gasteiger partial charge is 0.390 e. The van der Waals surface area contributed by atoms with Crippen LogP contribution in [0.25, 0.3) is 11.2 Å². The molecule has 5 nitrogen and oxygen atoms in total. The van der Waals surface area contributed by atoms with Gasteiger partial charge in [0.25, 0.3) is 0 Å². The third-order valence-corrected chi connectivity index (χ3v) is 3.41. The first-order chi connectivity index (χ1) is 7.55. The molecule has 1 aliphatic carbocycles. The van der Waals surface area contributed by atoms with Crippen molar-refractivity contribution in [3.05, 3.63) is 16.7 Å². The highest BCUT2D eigenvalue weighted by Gasteiger charge is 2.40. The number of nitrogens with zero attached hydrogens (tertiary/aromatic N) is 4. The van der Waals surface area contributed by atoms with Crippen molar-refractivity contribution in [2.24, 2.45) is 0 Å². The minimum absolute atomic E-state index is 0.216. The van der Waals surface area contributed by atoms with Gasteiger partial charge in [-0.15, -0.1) is 5.10 Å². The first-order valence-corrected chi connectivity index (χ1v) is 5.93. The van der Waals surface area contributed by atoms with E-state index in [1.807, 2.05) is 13.0 Å². The van der Waals surface area contributed by atoms with Gasteiger partial charge in [-0.1, -0.05) is 5.21 Å². The van der Waals surface area contributed by atoms with E-state index < -0.39 is 5.60 Å². The summed E-state index contributed by atoms with van der Waals surface area (Å²) in [7, 11) is 0. The predicted molar refractivity (Wildman–Crippen MR) is 61.9 cm³/mol. The van der Waals surface area contributed by atoms with Gasteiger partial charge in [0.1, 0.15) is 5.52 Å². The Kier molecular flexibility index (Phi) is 2.06. The Hall–Kier alpha value is -1.01.